The van der Waals surface area contributed by atoms with Crippen molar-refractivity contribution in [3.05, 3.63) is 28.8 Å². The third-order valence-corrected chi connectivity index (χ3v) is 6.46. The number of piperidine rings is 1. The van der Waals surface area contributed by atoms with Gasteiger partial charge in [-0.3, -0.25) is 0 Å². The molecule has 1 aromatic rings. The van der Waals surface area contributed by atoms with Crippen molar-refractivity contribution in [3.63, 3.8) is 0 Å². The summed E-state index contributed by atoms with van der Waals surface area (Å²) in [6.07, 6.45) is 1.97. The standard InChI is InChI=1S/C14H19Cl2NO2S/c1-10-3-4-11(2)17(9-10)20(18,19)13-5-6-14(16)12(7-13)8-15/h5-7,10-11H,3-4,8-9H2,1-2H3. The normalized spacial score (nSPS) is 24.8. The van der Waals surface area contributed by atoms with E-state index in [2.05, 4.69) is 6.92 Å². The molecule has 0 spiro atoms. The molecule has 0 saturated carbocycles. The molecule has 1 aliphatic rings. The van der Waals surface area contributed by atoms with Crippen LogP contribution in [0.5, 0.6) is 0 Å². The van der Waals surface area contributed by atoms with Crippen molar-refractivity contribution >= 4 is 33.2 Å². The van der Waals surface area contributed by atoms with Crippen LogP contribution in [0.3, 0.4) is 0 Å². The lowest BCUT2D eigenvalue weighted by Gasteiger charge is -2.35. The van der Waals surface area contributed by atoms with E-state index >= 15 is 0 Å². The van der Waals surface area contributed by atoms with E-state index < -0.39 is 10.0 Å². The Kier molecular flexibility index (Phi) is 5.00. The maximum atomic E-state index is 12.8. The molecule has 0 aliphatic carbocycles. The summed E-state index contributed by atoms with van der Waals surface area (Å²) >= 11 is 11.8. The van der Waals surface area contributed by atoms with Crippen molar-refractivity contribution in [2.24, 2.45) is 5.92 Å². The Balaban J connectivity index is 2.39. The lowest BCUT2D eigenvalue weighted by Crippen LogP contribution is -2.44. The molecule has 0 amide bonds. The summed E-state index contributed by atoms with van der Waals surface area (Å²) in [7, 11) is -3.48. The van der Waals surface area contributed by atoms with Gasteiger partial charge in [0.05, 0.1) is 4.90 Å². The summed E-state index contributed by atoms with van der Waals surface area (Å²) in [5.74, 6) is 0.592. The first-order valence-electron chi connectivity index (χ1n) is 6.72. The molecule has 3 nitrogen and oxygen atoms in total. The number of hydrogen-bond acceptors (Lipinski definition) is 2. The van der Waals surface area contributed by atoms with Gasteiger partial charge in [0, 0.05) is 23.5 Å². The van der Waals surface area contributed by atoms with Crippen LogP contribution in [0.1, 0.15) is 32.3 Å². The van der Waals surface area contributed by atoms with Crippen molar-refractivity contribution in [1.29, 1.82) is 0 Å². The Morgan fingerprint density at radius 3 is 2.65 bits per heavy atom. The summed E-state index contributed by atoms with van der Waals surface area (Å²) in [5, 5.41) is 0.499. The molecule has 0 radical (unpaired) electrons. The fraction of sp³-hybridized carbons (Fsp3) is 0.571. The molecule has 2 unspecified atom stereocenters. The van der Waals surface area contributed by atoms with E-state index in [-0.39, 0.29) is 16.8 Å². The fourth-order valence-electron chi connectivity index (χ4n) is 2.53. The summed E-state index contributed by atoms with van der Waals surface area (Å²) in [6.45, 7) is 4.62. The molecule has 0 N–H and O–H groups in total. The zero-order valence-electron chi connectivity index (χ0n) is 11.6. The number of sulfonamides is 1. The third kappa shape index (κ3) is 3.14. The summed E-state index contributed by atoms with van der Waals surface area (Å²) in [6, 6.07) is 4.77. The minimum Gasteiger partial charge on any atom is -0.207 e. The van der Waals surface area contributed by atoms with Gasteiger partial charge >= 0.3 is 0 Å². The van der Waals surface area contributed by atoms with Gasteiger partial charge in [0.15, 0.2) is 0 Å². The van der Waals surface area contributed by atoms with Crippen LogP contribution >= 0.6 is 23.2 Å². The average Bonchev–Trinajstić information content (AvgIpc) is 2.41. The molecule has 2 atom stereocenters. The first kappa shape index (κ1) is 16.1. The predicted molar refractivity (Wildman–Crippen MR) is 82.8 cm³/mol. The van der Waals surface area contributed by atoms with Crippen molar-refractivity contribution in [2.45, 2.75) is 43.5 Å². The number of rotatable bonds is 3. The van der Waals surface area contributed by atoms with Crippen molar-refractivity contribution in [3.8, 4) is 0 Å². The molecule has 1 saturated heterocycles. The van der Waals surface area contributed by atoms with Gasteiger partial charge in [0.2, 0.25) is 10.0 Å². The number of benzene rings is 1. The molecule has 20 heavy (non-hydrogen) atoms. The Morgan fingerprint density at radius 2 is 2.00 bits per heavy atom. The van der Waals surface area contributed by atoms with Crippen LogP contribution in [0.15, 0.2) is 23.1 Å². The smallest absolute Gasteiger partial charge is 0.207 e. The van der Waals surface area contributed by atoms with Gasteiger partial charge in [-0.1, -0.05) is 18.5 Å². The monoisotopic (exact) mass is 335 g/mol. The fourth-order valence-corrected chi connectivity index (χ4v) is 4.84. The highest BCUT2D eigenvalue weighted by molar-refractivity contribution is 7.89. The lowest BCUT2D eigenvalue weighted by molar-refractivity contribution is 0.218. The molecular formula is C14H19Cl2NO2S. The van der Waals surface area contributed by atoms with E-state index in [1.165, 1.54) is 0 Å². The van der Waals surface area contributed by atoms with Gasteiger partial charge in [-0.2, -0.15) is 4.31 Å². The zero-order valence-corrected chi connectivity index (χ0v) is 14.0. The maximum absolute atomic E-state index is 12.8. The lowest BCUT2D eigenvalue weighted by atomic mass is 9.97. The minimum absolute atomic E-state index is 0.0336. The second-order valence-corrected chi connectivity index (χ2v) is 8.06. The third-order valence-electron chi connectivity index (χ3n) is 3.83. The SMILES string of the molecule is CC1CCC(C)N(S(=O)(=O)c2ccc(Cl)c(CCl)c2)C1. The van der Waals surface area contributed by atoms with Crippen LogP contribution in [0, 0.1) is 5.92 Å². The quantitative estimate of drug-likeness (QED) is 0.786. The minimum atomic E-state index is -3.48. The van der Waals surface area contributed by atoms with E-state index in [0.29, 0.717) is 23.0 Å². The number of halogens is 2. The molecule has 1 aliphatic heterocycles. The highest BCUT2D eigenvalue weighted by Gasteiger charge is 2.33. The van der Waals surface area contributed by atoms with Gasteiger partial charge in [0.1, 0.15) is 0 Å². The molecule has 6 heteroatoms. The second-order valence-electron chi connectivity index (χ2n) is 5.49. The Morgan fingerprint density at radius 1 is 1.30 bits per heavy atom. The molecule has 0 bridgehead atoms. The molecule has 1 aromatic carbocycles. The summed E-state index contributed by atoms with van der Waals surface area (Å²) < 4.78 is 27.1. The number of nitrogens with zero attached hydrogens (tertiary/aromatic N) is 1. The van der Waals surface area contributed by atoms with E-state index in [4.69, 9.17) is 23.2 Å². The van der Waals surface area contributed by atoms with Crippen LogP contribution in [-0.4, -0.2) is 25.3 Å². The number of hydrogen-bond donors (Lipinski definition) is 0. The van der Waals surface area contributed by atoms with E-state index in [1.54, 1.807) is 22.5 Å². The summed E-state index contributed by atoms with van der Waals surface area (Å²) in [4.78, 5) is 0.276. The highest BCUT2D eigenvalue weighted by Crippen LogP contribution is 2.30. The maximum Gasteiger partial charge on any atom is 0.243 e. The first-order chi connectivity index (χ1) is 9.36. The van der Waals surface area contributed by atoms with Gasteiger partial charge in [0.25, 0.3) is 0 Å². The van der Waals surface area contributed by atoms with Crippen LogP contribution in [0.25, 0.3) is 0 Å². The van der Waals surface area contributed by atoms with Gasteiger partial charge < -0.3 is 0 Å². The average molecular weight is 336 g/mol. The van der Waals surface area contributed by atoms with Crippen LogP contribution in [0.4, 0.5) is 0 Å². The molecular weight excluding hydrogens is 317 g/mol. The van der Waals surface area contributed by atoms with Crippen molar-refractivity contribution in [1.82, 2.24) is 4.31 Å². The van der Waals surface area contributed by atoms with Gasteiger partial charge in [-0.15, -0.1) is 11.6 Å². The number of alkyl halides is 1. The molecule has 2 rings (SSSR count). The van der Waals surface area contributed by atoms with E-state index in [1.807, 2.05) is 6.92 Å². The van der Waals surface area contributed by atoms with Crippen LogP contribution in [-0.2, 0) is 15.9 Å². The van der Waals surface area contributed by atoms with Crippen LogP contribution < -0.4 is 0 Å². The largest absolute Gasteiger partial charge is 0.243 e. The van der Waals surface area contributed by atoms with E-state index in [9.17, 15) is 8.42 Å². The van der Waals surface area contributed by atoms with Gasteiger partial charge in [-0.25, -0.2) is 8.42 Å². The molecule has 1 fully saturated rings. The Bertz CT molecular complexity index is 589. The van der Waals surface area contributed by atoms with Gasteiger partial charge in [-0.05, 0) is 49.4 Å². The predicted octanol–water partition coefficient (Wildman–Crippen LogP) is 3.89. The first-order valence-corrected chi connectivity index (χ1v) is 9.07. The van der Waals surface area contributed by atoms with E-state index in [0.717, 1.165) is 12.8 Å². The van der Waals surface area contributed by atoms with Crippen LogP contribution in [0.2, 0.25) is 5.02 Å². The van der Waals surface area contributed by atoms with Crippen molar-refractivity contribution < 1.29 is 8.42 Å². The molecule has 112 valence electrons. The second kappa shape index (κ2) is 6.22. The topological polar surface area (TPSA) is 37.4 Å². The summed E-state index contributed by atoms with van der Waals surface area (Å²) in [5.41, 5.74) is 0.645. The van der Waals surface area contributed by atoms with Crippen molar-refractivity contribution in [2.75, 3.05) is 6.54 Å². The zero-order chi connectivity index (χ0) is 14.9. The molecule has 1 heterocycles. The highest BCUT2D eigenvalue weighted by atomic mass is 35.5. The Hall–Kier alpha value is -0.290. The molecule has 0 aromatic heterocycles. The Labute approximate surface area is 130 Å².